The van der Waals surface area contributed by atoms with Crippen LogP contribution in [0.15, 0.2) is 53.3 Å². The second kappa shape index (κ2) is 5.79. The molecule has 2 aromatic heterocycles. The third-order valence-electron chi connectivity index (χ3n) is 2.94. The predicted octanol–water partition coefficient (Wildman–Crippen LogP) is 4.30. The minimum Gasteiger partial charge on any atom is -0.321 e. The molecule has 0 saturated heterocycles. The molecular formula is C15H9BrClN3O. The summed E-state index contributed by atoms with van der Waals surface area (Å²) in [6.07, 6.45) is 3.25. The molecule has 0 radical (unpaired) electrons. The number of hydrogen-bond donors (Lipinski definition) is 1. The van der Waals surface area contributed by atoms with Crippen LogP contribution >= 0.6 is 27.5 Å². The van der Waals surface area contributed by atoms with Crippen LogP contribution in [0.3, 0.4) is 0 Å². The number of pyridine rings is 2. The van der Waals surface area contributed by atoms with Gasteiger partial charge < -0.3 is 5.32 Å². The molecule has 0 aliphatic rings. The molecular weight excluding hydrogens is 354 g/mol. The Morgan fingerprint density at radius 3 is 2.90 bits per heavy atom. The van der Waals surface area contributed by atoms with Gasteiger partial charge in [-0.25, -0.2) is 4.98 Å². The van der Waals surface area contributed by atoms with Crippen LogP contribution < -0.4 is 5.32 Å². The molecule has 0 aliphatic carbocycles. The van der Waals surface area contributed by atoms with Crippen molar-refractivity contribution in [1.82, 2.24) is 9.97 Å². The minimum atomic E-state index is -0.315. The van der Waals surface area contributed by atoms with E-state index in [-0.39, 0.29) is 11.1 Å². The maximum atomic E-state index is 12.4. The first-order chi connectivity index (χ1) is 10.1. The first-order valence-corrected chi connectivity index (χ1v) is 7.28. The van der Waals surface area contributed by atoms with Gasteiger partial charge in [-0.2, -0.15) is 0 Å². The quantitative estimate of drug-likeness (QED) is 0.692. The Morgan fingerprint density at radius 1 is 1.19 bits per heavy atom. The van der Waals surface area contributed by atoms with E-state index in [9.17, 15) is 4.79 Å². The number of nitrogens with zero attached hydrogens (tertiary/aromatic N) is 2. The van der Waals surface area contributed by atoms with E-state index < -0.39 is 0 Å². The second-order valence-corrected chi connectivity index (χ2v) is 5.60. The number of rotatable bonds is 2. The Kier molecular flexibility index (Phi) is 3.86. The number of carbonyl (C=O) groups excluding carboxylic acids is 1. The lowest BCUT2D eigenvalue weighted by Crippen LogP contribution is -2.13. The Balaban J connectivity index is 1.99. The molecule has 3 rings (SSSR count). The topological polar surface area (TPSA) is 54.9 Å². The van der Waals surface area contributed by atoms with Gasteiger partial charge in [-0.3, -0.25) is 9.78 Å². The molecule has 0 aliphatic heterocycles. The van der Waals surface area contributed by atoms with Crippen molar-refractivity contribution in [1.29, 1.82) is 0 Å². The molecule has 21 heavy (non-hydrogen) atoms. The summed E-state index contributed by atoms with van der Waals surface area (Å²) >= 11 is 9.25. The number of aromatic nitrogens is 2. The van der Waals surface area contributed by atoms with Gasteiger partial charge in [-0.1, -0.05) is 17.7 Å². The Hall–Kier alpha value is -1.98. The van der Waals surface area contributed by atoms with Gasteiger partial charge in [0.1, 0.15) is 5.15 Å². The number of fused-ring (bicyclic) bond motifs is 1. The van der Waals surface area contributed by atoms with Gasteiger partial charge in [-0.05, 0) is 46.3 Å². The van der Waals surface area contributed by atoms with E-state index in [0.717, 1.165) is 10.9 Å². The van der Waals surface area contributed by atoms with Crippen molar-refractivity contribution in [3.05, 3.63) is 64.0 Å². The molecule has 1 aromatic carbocycles. The van der Waals surface area contributed by atoms with Crippen molar-refractivity contribution in [2.45, 2.75) is 0 Å². The highest BCUT2D eigenvalue weighted by Crippen LogP contribution is 2.24. The zero-order valence-corrected chi connectivity index (χ0v) is 13.0. The molecule has 0 saturated carbocycles. The van der Waals surface area contributed by atoms with Gasteiger partial charge in [0.25, 0.3) is 5.91 Å². The van der Waals surface area contributed by atoms with Gasteiger partial charge in [0, 0.05) is 22.3 Å². The summed E-state index contributed by atoms with van der Waals surface area (Å²) in [5.41, 5.74) is 1.81. The van der Waals surface area contributed by atoms with Crippen LogP contribution in [0, 0.1) is 0 Å². The summed E-state index contributed by atoms with van der Waals surface area (Å²) < 4.78 is 0.691. The van der Waals surface area contributed by atoms with Gasteiger partial charge in [0.15, 0.2) is 0 Å². The van der Waals surface area contributed by atoms with E-state index in [1.165, 1.54) is 0 Å². The lowest BCUT2D eigenvalue weighted by molar-refractivity contribution is 0.102. The highest BCUT2D eigenvalue weighted by Gasteiger charge is 2.13. The van der Waals surface area contributed by atoms with E-state index in [2.05, 4.69) is 31.2 Å². The van der Waals surface area contributed by atoms with Crippen LogP contribution in [0.25, 0.3) is 10.9 Å². The molecule has 1 amide bonds. The van der Waals surface area contributed by atoms with Crippen molar-refractivity contribution in [3.63, 3.8) is 0 Å². The molecule has 0 bridgehead atoms. The fourth-order valence-corrected chi connectivity index (χ4v) is 2.50. The average molecular weight is 363 g/mol. The number of anilines is 1. The Morgan fingerprint density at radius 2 is 2.05 bits per heavy atom. The van der Waals surface area contributed by atoms with Crippen LogP contribution in [0.2, 0.25) is 5.15 Å². The van der Waals surface area contributed by atoms with Crippen molar-refractivity contribution in [2.24, 2.45) is 0 Å². The van der Waals surface area contributed by atoms with Crippen molar-refractivity contribution >= 4 is 50.0 Å². The van der Waals surface area contributed by atoms with E-state index in [4.69, 9.17) is 11.6 Å². The van der Waals surface area contributed by atoms with Gasteiger partial charge >= 0.3 is 0 Å². The number of amides is 1. The van der Waals surface area contributed by atoms with Crippen molar-refractivity contribution < 1.29 is 4.79 Å². The first kappa shape index (κ1) is 14.0. The molecule has 0 spiro atoms. The molecule has 104 valence electrons. The lowest BCUT2D eigenvalue weighted by Gasteiger charge is -2.09. The lowest BCUT2D eigenvalue weighted by atomic mass is 10.1. The fourth-order valence-electron chi connectivity index (χ4n) is 1.98. The zero-order valence-electron chi connectivity index (χ0n) is 10.7. The molecule has 0 unspecified atom stereocenters. The van der Waals surface area contributed by atoms with Crippen molar-refractivity contribution in [3.8, 4) is 0 Å². The van der Waals surface area contributed by atoms with E-state index in [0.29, 0.717) is 15.7 Å². The van der Waals surface area contributed by atoms with Gasteiger partial charge in [-0.15, -0.1) is 0 Å². The fraction of sp³-hybridized carbons (Fsp3) is 0. The third-order valence-corrected chi connectivity index (χ3v) is 3.68. The van der Waals surface area contributed by atoms with E-state index in [1.54, 1.807) is 18.5 Å². The maximum Gasteiger partial charge on any atom is 0.258 e. The SMILES string of the molecule is O=C(Nc1cccc2ncccc12)c1cc(Br)cnc1Cl. The zero-order chi connectivity index (χ0) is 14.8. The van der Waals surface area contributed by atoms with Crippen LogP contribution in [0.1, 0.15) is 10.4 Å². The van der Waals surface area contributed by atoms with Crippen LogP contribution in [0.5, 0.6) is 0 Å². The number of hydrogen-bond acceptors (Lipinski definition) is 3. The second-order valence-electron chi connectivity index (χ2n) is 4.32. The molecule has 4 nitrogen and oxygen atoms in total. The molecule has 3 aromatic rings. The number of benzene rings is 1. The molecule has 6 heteroatoms. The number of carbonyl (C=O) groups is 1. The van der Waals surface area contributed by atoms with Gasteiger partial charge in [0.2, 0.25) is 0 Å². The van der Waals surface area contributed by atoms with Crippen LogP contribution in [-0.2, 0) is 0 Å². The summed E-state index contributed by atoms with van der Waals surface area (Å²) in [5, 5.41) is 3.87. The average Bonchev–Trinajstić information content (AvgIpc) is 2.50. The normalized spacial score (nSPS) is 10.6. The van der Waals surface area contributed by atoms with Crippen molar-refractivity contribution in [2.75, 3.05) is 5.32 Å². The summed E-state index contributed by atoms with van der Waals surface area (Å²) in [6, 6.07) is 10.9. The standard InChI is InChI=1S/C15H9BrClN3O/c16-9-7-11(14(17)19-8-9)15(21)20-13-5-1-4-12-10(13)3-2-6-18-12/h1-8H,(H,20,21). The van der Waals surface area contributed by atoms with E-state index >= 15 is 0 Å². The summed E-state index contributed by atoms with van der Waals surface area (Å²) in [7, 11) is 0. The minimum absolute atomic E-state index is 0.161. The van der Waals surface area contributed by atoms with Crippen LogP contribution in [-0.4, -0.2) is 15.9 Å². The predicted molar refractivity (Wildman–Crippen MR) is 86.6 cm³/mol. The molecule has 0 fully saturated rings. The molecule has 1 N–H and O–H groups in total. The highest BCUT2D eigenvalue weighted by molar-refractivity contribution is 9.10. The molecule has 0 atom stereocenters. The van der Waals surface area contributed by atoms with E-state index in [1.807, 2.05) is 30.3 Å². The third kappa shape index (κ3) is 2.89. The monoisotopic (exact) mass is 361 g/mol. The van der Waals surface area contributed by atoms with Gasteiger partial charge in [0.05, 0.1) is 16.8 Å². The Bertz CT molecular complexity index is 833. The summed E-state index contributed by atoms with van der Waals surface area (Å²) in [6.45, 7) is 0. The maximum absolute atomic E-state index is 12.4. The summed E-state index contributed by atoms with van der Waals surface area (Å²) in [5.74, 6) is -0.315. The Labute approximate surface area is 134 Å². The largest absolute Gasteiger partial charge is 0.321 e. The molecule has 2 heterocycles. The first-order valence-electron chi connectivity index (χ1n) is 6.11. The summed E-state index contributed by atoms with van der Waals surface area (Å²) in [4.78, 5) is 20.6. The number of nitrogens with one attached hydrogen (secondary N) is 1. The number of halogens is 2. The van der Waals surface area contributed by atoms with Crippen LogP contribution in [0.4, 0.5) is 5.69 Å². The smallest absolute Gasteiger partial charge is 0.258 e. The highest BCUT2D eigenvalue weighted by atomic mass is 79.9.